The summed E-state index contributed by atoms with van der Waals surface area (Å²) in [6, 6.07) is 20.3. The lowest BCUT2D eigenvalue weighted by Gasteiger charge is -2.11. The first kappa shape index (κ1) is 19.6. The van der Waals surface area contributed by atoms with E-state index in [-0.39, 0.29) is 5.91 Å². The van der Waals surface area contributed by atoms with Gasteiger partial charge in [0.05, 0.1) is 16.2 Å². The molecule has 0 fully saturated rings. The molecule has 1 aromatic heterocycles. The second kappa shape index (κ2) is 8.35. The fraction of sp³-hybridized carbons (Fsp3) is 0.0417. The SMILES string of the molecule is C=C(C)Nc1ccc(C(=O)Nc2ccc(Cl)c(-c3ncnc4ccccc34)c2)cc1. The molecule has 4 rings (SSSR count). The number of nitrogens with one attached hydrogen (secondary N) is 2. The van der Waals surface area contributed by atoms with Gasteiger partial charge >= 0.3 is 0 Å². The van der Waals surface area contributed by atoms with E-state index < -0.39 is 0 Å². The molecule has 0 saturated heterocycles. The number of benzene rings is 3. The van der Waals surface area contributed by atoms with Gasteiger partial charge in [-0.25, -0.2) is 9.97 Å². The van der Waals surface area contributed by atoms with Gasteiger partial charge in [-0.3, -0.25) is 4.79 Å². The van der Waals surface area contributed by atoms with Gasteiger partial charge in [0, 0.05) is 33.6 Å². The van der Waals surface area contributed by atoms with Crippen LogP contribution in [0.5, 0.6) is 0 Å². The third kappa shape index (κ3) is 4.16. The van der Waals surface area contributed by atoms with Gasteiger partial charge in [-0.2, -0.15) is 0 Å². The maximum atomic E-state index is 12.7. The lowest BCUT2D eigenvalue weighted by molar-refractivity contribution is 0.102. The molecule has 4 aromatic rings. The van der Waals surface area contributed by atoms with E-state index in [9.17, 15) is 4.79 Å². The minimum Gasteiger partial charge on any atom is -0.360 e. The molecule has 0 radical (unpaired) electrons. The lowest BCUT2D eigenvalue weighted by Crippen LogP contribution is -2.12. The molecular formula is C24H19ClN4O. The first-order valence-electron chi connectivity index (χ1n) is 9.35. The first-order valence-corrected chi connectivity index (χ1v) is 9.72. The number of hydrogen-bond donors (Lipinski definition) is 2. The number of hydrogen-bond acceptors (Lipinski definition) is 4. The molecule has 30 heavy (non-hydrogen) atoms. The first-order chi connectivity index (χ1) is 14.5. The molecule has 0 aliphatic carbocycles. The minimum absolute atomic E-state index is 0.210. The van der Waals surface area contributed by atoms with Crippen LogP contribution in [0.3, 0.4) is 0 Å². The van der Waals surface area contributed by atoms with Gasteiger partial charge in [-0.1, -0.05) is 36.4 Å². The highest BCUT2D eigenvalue weighted by atomic mass is 35.5. The minimum atomic E-state index is -0.210. The van der Waals surface area contributed by atoms with E-state index in [1.807, 2.05) is 49.4 Å². The number of carbonyl (C=O) groups excluding carboxylic acids is 1. The van der Waals surface area contributed by atoms with E-state index in [0.29, 0.717) is 16.3 Å². The molecule has 0 saturated carbocycles. The smallest absolute Gasteiger partial charge is 0.255 e. The summed E-state index contributed by atoms with van der Waals surface area (Å²) in [5, 5.41) is 7.48. The molecule has 0 bridgehead atoms. The topological polar surface area (TPSA) is 66.9 Å². The van der Waals surface area contributed by atoms with Gasteiger partial charge in [0.25, 0.3) is 5.91 Å². The predicted molar refractivity (Wildman–Crippen MR) is 123 cm³/mol. The Morgan fingerprint density at radius 2 is 1.67 bits per heavy atom. The summed E-state index contributed by atoms with van der Waals surface area (Å²) in [6.07, 6.45) is 1.51. The maximum Gasteiger partial charge on any atom is 0.255 e. The quantitative estimate of drug-likeness (QED) is 0.411. The van der Waals surface area contributed by atoms with Crippen molar-refractivity contribution in [3.8, 4) is 11.3 Å². The number of allylic oxidation sites excluding steroid dienone is 1. The molecule has 1 amide bonds. The standard InChI is InChI=1S/C24H19ClN4O/c1-15(2)28-17-9-7-16(8-10-17)24(30)29-18-11-12-21(25)20(13-18)23-19-5-3-4-6-22(19)26-14-27-23/h3-14,28H,1H2,2H3,(H,29,30). The van der Waals surface area contributed by atoms with E-state index in [1.54, 1.807) is 24.3 Å². The summed E-state index contributed by atoms with van der Waals surface area (Å²) in [5.74, 6) is -0.210. The third-order valence-corrected chi connectivity index (χ3v) is 4.86. The number of fused-ring (bicyclic) bond motifs is 1. The van der Waals surface area contributed by atoms with Crippen LogP contribution in [0.2, 0.25) is 5.02 Å². The molecule has 0 aliphatic heterocycles. The van der Waals surface area contributed by atoms with Crippen LogP contribution in [-0.2, 0) is 0 Å². The maximum absolute atomic E-state index is 12.7. The lowest BCUT2D eigenvalue weighted by atomic mass is 10.1. The molecule has 0 spiro atoms. The Balaban J connectivity index is 1.62. The number of aromatic nitrogens is 2. The van der Waals surface area contributed by atoms with Crippen molar-refractivity contribution in [2.75, 3.05) is 10.6 Å². The molecule has 0 aliphatic rings. The Hall–Kier alpha value is -3.70. The molecular weight excluding hydrogens is 396 g/mol. The van der Waals surface area contributed by atoms with Crippen molar-refractivity contribution in [2.45, 2.75) is 6.92 Å². The summed E-state index contributed by atoms with van der Waals surface area (Å²) >= 11 is 6.46. The van der Waals surface area contributed by atoms with Crippen molar-refractivity contribution in [3.63, 3.8) is 0 Å². The molecule has 6 heteroatoms. The van der Waals surface area contributed by atoms with Crippen LogP contribution >= 0.6 is 11.6 Å². The van der Waals surface area contributed by atoms with Crippen molar-refractivity contribution >= 4 is 39.8 Å². The van der Waals surface area contributed by atoms with Crippen LogP contribution in [0.15, 0.2) is 85.3 Å². The van der Waals surface area contributed by atoms with Gasteiger partial charge in [-0.15, -0.1) is 0 Å². The second-order valence-electron chi connectivity index (χ2n) is 6.87. The van der Waals surface area contributed by atoms with Crippen LogP contribution < -0.4 is 10.6 Å². The zero-order chi connectivity index (χ0) is 21.1. The summed E-state index contributed by atoms with van der Waals surface area (Å²) in [4.78, 5) is 21.4. The monoisotopic (exact) mass is 414 g/mol. The van der Waals surface area contributed by atoms with Gasteiger partial charge in [0.1, 0.15) is 6.33 Å². The summed E-state index contributed by atoms with van der Waals surface area (Å²) < 4.78 is 0. The highest BCUT2D eigenvalue weighted by Crippen LogP contribution is 2.33. The largest absolute Gasteiger partial charge is 0.360 e. The molecule has 148 valence electrons. The van der Waals surface area contributed by atoms with E-state index in [2.05, 4.69) is 27.2 Å². The number of anilines is 2. The molecule has 1 heterocycles. The number of para-hydroxylation sites is 1. The van der Waals surface area contributed by atoms with E-state index >= 15 is 0 Å². The average Bonchev–Trinajstić information content (AvgIpc) is 2.75. The van der Waals surface area contributed by atoms with Crippen LogP contribution in [0.4, 0.5) is 11.4 Å². The molecule has 0 unspecified atom stereocenters. The summed E-state index contributed by atoms with van der Waals surface area (Å²) in [6.45, 7) is 5.69. The Kier molecular flexibility index (Phi) is 5.46. The van der Waals surface area contributed by atoms with Gasteiger partial charge in [-0.05, 0) is 55.5 Å². The van der Waals surface area contributed by atoms with Crippen molar-refractivity contribution in [1.82, 2.24) is 9.97 Å². The second-order valence-corrected chi connectivity index (χ2v) is 7.28. The van der Waals surface area contributed by atoms with Crippen molar-refractivity contribution in [3.05, 3.63) is 95.9 Å². The van der Waals surface area contributed by atoms with Gasteiger partial charge < -0.3 is 10.6 Å². The van der Waals surface area contributed by atoms with Crippen molar-refractivity contribution < 1.29 is 4.79 Å². The van der Waals surface area contributed by atoms with Crippen LogP contribution in [0.1, 0.15) is 17.3 Å². The number of carbonyl (C=O) groups is 1. The fourth-order valence-electron chi connectivity index (χ4n) is 3.16. The molecule has 5 nitrogen and oxygen atoms in total. The van der Waals surface area contributed by atoms with Crippen molar-refractivity contribution in [1.29, 1.82) is 0 Å². The number of amides is 1. The molecule has 3 aromatic carbocycles. The van der Waals surface area contributed by atoms with Crippen LogP contribution in [0.25, 0.3) is 22.2 Å². The van der Waals surface area contributed by atoms with Crippen LogP contribution in [0, 0.1) is 0 Å². The number of rotatable bonds is 5. The number of halogens is 1. The van der Waals surface area contributed by atoms with Crippen LogP contribution in [-0.4, -0.2) is 15.9 Å². The van der Waals surface area contributed by atoms with E-state index in [0.717, 1.165) is 33.5 Å². The molecule has 2 N–H and O–H groups in total. The highest BCUT2D eigenvalue weighted by molar-refractivity contribution is 6.33. The Bertz CT molecular complexity index is 1250. The van der Waals surface area contributed by atoms with Gasteiger partial charge in [0.15, 0.2) is 0 Å². The summed E-state index contributed by atoms with van der Waals surface area (Å²) in [7, 11) is 0. The normalized spacial score (nSPS) is 10.6. The zero-order valence-electron chi connectivity index (χ0n) is 16.3. The average molecular weight is 415 g/mol. The Labute approximate surface area is 179 Å². The zero-order valence-corrected chi connectivity index (χ0v) is 17.1. The fourth-order valence-corrected chi connectivity index (χ4v) is 3.37. The number of nitrogens with zero attached hydrogens (tertiary/aromatic N) is 2. The van der Waals surface area contributed by atoms with E-state index in [1.165, 1.54) is 6.33 Å². The third-order valence-electron chi connectivity index (χ3n) is 4.53. The predicted octanol–water partition coefficient (Wildman–Crippen LogP) is 6.15. The van der Waals surface area contributed by atoms with E-state index in [4.69, 9.17) is 11.6 Å². The Morgan fingerprint density at radius 3 is 2.43 bits per heavy atom. The highest BCUT2D eigenvalue weighted by Gasteiger charge is 2.13. The van der Waals surface area contributed by atoms with Gasteiger partial charge in [0.2, 0.25) is 0 Å². The summed E-state index contributed by atoms with van der Waals surface area (Å²) in [5.41, 5.74) is 5.17. The van der Waals surface area contributed by atoms with Crippen molar-refractivity contribution in [2.24, 2.45) is 0 Å². The Morgan fingerprint density at radius 1 is 0.933 bits per heavy atom. The molecule has 0 atom stereocenters.